The van der Waals surface area contributed by atoms with Gasteiger partial charge in [-0.15, -0.1) is 0 Å². The molecule has 3 nitrogen and oxygen atoms in total. The van der Waals surface area contributed by atoms with E-state index in [0.717, 1.165) is 31.0 Å². The van der Waals surface area contributed by atoms with Crippen molar-refractivity contribution >= 4 is 5.69 Å². The molecule has 1 rings (SSSR count). The Morgan fingerprint density at radius 3 is 2.57 bits per heavy atom. The SMILES string of the molecule is CCCOc1ccc(NCCN)cc1. The fraction of sp³-hybridized carbons (Fsp3) is 0.455. The lowest BCUT2D eigenvalue weighted by molar-refractivity contribution is 0.317. The number of benzene rings is 1. The summed E-state index contributed by atoms with van der Waals surface area (Å²) >= 11 is 0. The monoisotopic (exact) mass is 194 g/mol. The van der Waals surface area contributed by atoms with Crippen molar-refractivity contribution in [1.82, 2.24) is 0 Å². The van der Waals surface area contributed by atoms with E-state index in [-0.39, 0.29) is 0 Å². The Morgan fingerprint density at radius 1 is 1.29 bits per heavy atom. The highest BCUT2D eigenvalue weighted by atomic mass is 16.5. The van der Waals surface area contributed by atoms with Crippen molar-refractivity contribution in [2.24, 2.45) is 5.73 Å². The molecule has 0 amide bonds. The molecular formula is C11H18N2O. The quantitative estimate of drug-likeness (QED) is 0.726. The van der Waals surface area contributed by atoms with Crippen LogP contribution >= 0.6 is 0 Å². The highest BCUT2D eigenvalue weighted by molar-refractivity contribution is 5.46. The van der Waals surface area contributed by atoms with Crippen molar-refractivity contribution in [2.75, 3.05) is 25.0 Å². The van der Waals surface area contributed by atoms with E-state index in [2.05, 4.69) is 12.2 Å². The zero-order valence-corrected chi connectivity index (χ0v) is 8.62. The van der Waals surface area contributed by atoms with Crippen molar-refractivity contribution < 1.29 is 4.74 Å². The number of nitrogens with two attached hydrogens (primary N) is 1. The van der Waals surface area contributed by atoms with Gasteiger partial charge in [0.1, 0.15) is 5.75 Å². The first kappa shape index (κ1) is 10.9. The molecule has 0 saturated heterocycles. The molecule has 0 unspecified atom stereocenters. The highest BCUT2D eigenvalue weighted by Crippen LogP contribution is 2.15. The Balaban J connectivity index is 2.42. The van der Waals surface area contributed by atoms with Gasteiger partial charge in [0.05, 0.1) is 6.61 Å². The van der Waals surface area contributed by atoms with Crippen LogP contribution in [0.25, 0.3) is 0 Å². The summed E-state index contributed by atoms with van der Waals surface area (Å²) < 4.78 is 5.46. The van der Waals surface area contributed by atoms with Gasteiger partial charge in [0, 0.05) is 18.8 Å². The summed E-state index contributed by atoms with van der Waals surface area (Å²) in [7, 11) is 0. The van der Waals surface area contributed by atoms with E-state index in [9.17, 15) is 0 Å². The van der Waals surface area contributed by atoms with Gasteiger partial charge in [0.2, 0.25) is 0 Å². The number of hydrogen-bond acceptors (Lipinski definition) is 3. The fourth-order valence-electron chi connectivity index (χ4n) is 1.11. The molecule has 3 N–H and O–H groups in total. The molecule has 0 bridgehead atoms. The summed E-state index contributed by atoms with van der Waals surface area (Å²) in [6.45, 7) is 4.32. The van der Waals surface area contributed by atoms with E-state index < -0.39 is 0 Å². The third-order valence-corrected chi connectivity index (χ3v) is 1.80. The minimum absolute atomic E-state index is 0.647. The molecule has 0 heterocycles. The van der Waals surface area contributed by atoms with Crippen molar-refractivity contribution in [3.63, 3.8) is 0 Å². The normalized spacial score (nSPS) is 9.86. The summed E-state index contributed by atoms with van der Waals surface area (Å²) in [5.74, 6) is 0.921. The molecule has 3 heteroatoms. The van der Waals surface area contributed by atoms with Crippen LogP contribution in [-0.4, -0.2) is 19.7 Å². The molecule has 0 atom stereocenters. The molecular weight excluding hydrogens is 176 g/mol. The molecule has 0 aliphatic carbocycles. The lowest BCUT2D eigenvalue weighted by Crippen LogP contribution is -2.12. The fourth-order valence-corrected chi connectivity index (χ4v) is 1.11. The second kappa shape index (κ2) is 6.27. The van der Waals surface area contributed by atoms with Crippen LogP contribution < -0.4 is 15.8 Å². The van der Waals surface area contributed by atoms with Crippen molar-refractivity contribution in [3.05, 3.63) is 24.3 Å². The molecule has 0 aliphatic heterocycles. The smallest absolute Gasteiger partial charge is 0.119 e. The van der Waals surface area contributed by atoms with Gasteiger partial charge in [-0.1, -0.05) is 6.92 Å². The van der Waals surface area contributed by atoms with E-state index in [1.54, 1.807) is 0 Å². The standard InChI is InChI=1S/C11H18N2O/c1-2-9-14-11-5-3-10(4-6-11)13-8-7-12/h3-6,13H,2,7-9,12H2,1H3. The Morgan fingerprint density at radius 2 is 2.00 bits per heavy atom. The highest BCUT2D eigenvalue weighted by Gasteiger charge is 1.93. The van der Waals surface area contributed by atoms with E-state index in [4.69, 9.17) is 10.5 Å². The lowest BCUT2D eigenvalue weighted by atomic mass is 10.3. The van der Waals surface area contributed by atoms with Crippen LogP contribution in [0, 0.1) is 0 Å². The molecule has 0 spiro atoms. The maximum Gasteiger partial charge on any atom is 0.119 e. The van der Waals surface area contributed by atoms with E-state index >= 15 is 0 Å². The molecule has 0 radical (unpaired) electrons. The van der Waals surface area contributed by atoms with Gasteiger partial charge in [-0.2, -0.15) is 0 Å². The average molecular weight is 194 g/mol. The van der Waals surface area contributed by atoms with Crippen LogP contribution in [0.2, 0.25) is 0 Å². The van der Waals surface area contributed by atoms with E-state index in [1.165, 1.54) is 0 Å². The van der Waals surface area contributed by atoms with Gasteiger partial charge in [-0.05, 0) is 30.7 Å². The molecule has 78 valence electrons. The van der Waals surface area contributed by atoms with Crippen LogP contribution in [0.1, 0.15) is 13.3 Å². The molecule has 1 aromatic rings. The number of rotatable bonds is 6. The van der Waals surface area contributed by atoms with Gasteiger partial charge < -0.3 is 15.8 Å². The van der Waals surface area contributed by atoms with Gasteiger partial charge >= 0.3 is 0 Å². The van der Waals surface area contributed by atoms with Crippen LogP contribution in [0.5, 0.6) is 5.75 Å². The van der Waals surface area contributed by atoms with E-state index in [1.807, 2.05) is 24.3 Å². The third-order valence-electron chi connectivity index (χ3n) is 1.80. The first-order chi connectivity index (χ1) is 6.86. The molecule has 1 aromatic carbocycles. The average Bonchev–Trinajstić information content (AvgIpc) is 2.25. The number of ether oxygens (including phenoxy) is 1. The third kappa shape index (κ3) is 3.66. The van der Waals surface area contributed by atoms with Crippen LogP contribution in [0.4, 0.5) is 5.69 Å². The van der Waals surface area contributed by atoms with Crippen molar-refractivity contribution in [3.8, 4) is 5.75 Å². The molecule has 14 heavy (non-hydrogen) atoms. The Kier molecular flexibility index (Phi) is 4.86. The zero-order chi connectivity index (χ0) is 10.2. The second-order valence-corrected chi connectivity index (χ2v) is 3.09. The number of nitrogens with one attached hydrogen (secondary N) is 1. The summed E-state index contributed by atoms with van der Waals surface area (Å²) in [4.78, 5) is 0. The first-order valence-electron chi connectivity index (χ1n) is 5.03. The predicted octanol–water partition coefficient (Wildman–Crippen LogP) is 1.85. The first-order valence-corrected chi connectivity index (χ1v) is 5.03. The summed E-state index contributed by atoms with van der Waals surface area (Å²) in [5, 5.41) is 3.20. The largest absolute Gasteiger partial charge is 0.494 e. The molecule has 0 fully saturated rings. The minimum atomic E-state index is 0.647. The van der Waals surface area contributed by atoms with E-state index in [0.29, 0.717) is 6.54 Å². The van der Waals surface area contributed by atoms with Gasteiger partial charge in [0.15, 0.2) is 0 Å². The Hall–Kier alpha value is -1.22. The summed E-state index contributed by atoms with van der Waals surface area (Å²) in [6.07, 6.45) is 1.03. The number of anilines is 1. The number of hydrogen-bond donors (Lipinski definition) is 2. The van der Waals surface area contributed by atoms with Gasteiger partial charge in [-0.25, -0.2) is 0 Å². The maximum absolute atomic E-state index is 5.46. The van der Waals surface area contributed by atoms with Gasteiger partial charge in [-0.3, -0.25) is 0 Å². The predicted molar refractivity (Wildman–Crippen MR) is 59.8 cm³/mol. The maximum atomic E-state index is 5.46. The van der Waals surface area contributed by atoms with Crippen LogP contribution in [0.15, 0.2) is 24.3 Å². The van der Waals surface area contributed by atoms with Crippen molar-refractivity contribution in [2.45, 2.75) is 13.3 Å². The lowest BCUT2D eigenvalue weighted by Gasteiger charge is -2.07. The molecule has 0 aliphatic rings. The Labute approximate surface area is 85.3 Å². The zero-order valence-electron chi connectivity index (χ0n) is 8.62. The minimum Gasteiger partial charge on any atom is -0.494 e. The molecule has 0 saturated carbocycles. The van der Waals surface area contributed by atoms with Crippen molar-refractivity contribution in [1.29, 1.82) is 0 Å². The summed E-state index contributed by atoms with van der Waals surface area (Å²) in [5.41, 5.74) is 6.47. The Bertz CT molecular complexity index is 219. The second-order valence-electron chi connectivity index (χ2n) is 3.09. The molecule has 0 aromatic heterocycles. The van der Waals surface area contributed by atoms with Gasteiger partial charge in [0.25, 0.3) is 0 Å². The van der Waals surface area contributed by atoms with Crippen LogP contribution in [-0.2, 0) is 0 Å². The summed E-state index contributed by atoms with van der Waals surface area (Å²) in [6, 6.07) is 7.93. The topological polar surface area (TPSA) is 47.3 Å². The van der Waals surface area contributed by atoms with Crippen LogP contribution in [0.3, 0.4) is 0 Å².